The Hall–Kier alpha value is -1.53. The lowest BCUT2D eigenvalue weighted by Crippen LogP contribution is -2.05. The van der Waals surface area contributed by atoms with Crippen LogP contribution >= 0.6 is 15.9 Å². The van der Waals surface area contributed by atoms with Gasteiger partial charge in [-0.05, 0) is 47.5 Å². The molecule has 2 rings (SSSR count). The molecule has 0 bridgehead atoms. The van der Waals surface area contributed by atoms with Gasteiger partial charge in [-0.25, -0.2) is 4.98 Å². The van der Waals surface area contributed by atoms with Crippen LogP contribution in [0.15, 0.2) is 28.9 Å². The van der Waals surface area contributed by atoms with Gasteiger partial charge in [-0.15, -0.1) is 0 Å². The molecule has 0 aliphatic rings. The molecule has 0 atom stereocenters. The number of methoxy groups -OCH3 is 2. The first-order chi connectivity index (χ1) is 10.1. The van der Waals surface area contributed by atoms with Crippen LogP contribution in [0, 0.1) is 6.92 Å². The Bertz CT molecular complexity index is 599. The Morgan fingerprint density at radius 1 is 1.33 bits per heavy atom. The van der Waals surface area contributed by atoms with E-state index in [1.165, 1.54) is 0 Å². The molecule has 114 valence electrons. The smallest absolute Gasteiger partial charge is 0.207 e. The highest BCUT2D eigenvalue weighted by molar-refractivity contribution is 9.10. The summed E-state index contributed by atoms with van der Waals surface area (Å²) in [6.07, 6.45) is 2.99. The molecule has 1 aromatic carbocycles. The molecule has 21 heavy (non-hydrogen) atoms. The molecular formula is C15H20BrN3O2. The van der Waals surface area contributed by atoms with Gasteiger partial charge >= 0.3 is 0 Å². The highest BCUT2D eigenvalue weighted by atomic mass is 79.9. The fourth-order valence-corrected chi connectivity index (χ4v) is 2.61. The predicted molar refractivity (Wildman–Crippen MR) is 87.4 cm³/mol. The normalized spacial score (nSPS) is 10.7. The third-order valence-electron chi connectivity index (χ3n) is 3.05. The van der Waals surface area contributed by atoms with Crippen molar-refractivity contribution in [3.05, 3.63) is 34.6 Å². The number of ether oxygens (including phenoxy) is 2. The maximum absolute atomic E-state index is 5.23. The standard InChI is InChI=1S/C15H20BrN3O2/c1-11-10-19(7-4-8-20-2)15(17-11)18-12-5-6-14(21-3)13(16)9-12/h5-6,9-10H,4,7-8H2,1-3H3,(H,17,18). The average molecular weight is 354 g/mol. The molecule has 0 amide bonds. The van der Waals surface area contributed by atoms with Crippen LogP contribution in [0.1, 0.15) is 12.1 Å². The van der Waals surface area contributed by atoms with Crippen LogP contribution in [-0.2, 0) is 11.3 Å². The minimum Gasteiger partial charge on any atom is -0.496 e. The van der Waals surface area contributed by atoms with E-state index in [1.54, 1.807) is 14.2 Å². The van der Waals surface area contributed by atoms with Gasteiger partial charge in [0.2, 0.25) is 5.95 Å². The second-order valence-corrected chi connectivity index (χ2v) is 5.57. The van der Waals surface area contributed by atoms with E-state index in [-0.39, 0.29) is 0 Å². The van der Waals surface area contributed by atoms with Crippen LogP contribution in [-0.4, -0.2) is 30.4 Å². The zero-order valence-corrected chi connectivity index (χ0v) is 14.1. The summed E-state index contributed by atoms with van der Waals surface area (Å²) in [5, 5.41) is 3.34. The first kappa shape index (κ1) is 15.9. The Morgan fingerprint density at radius 3 is 2.81 bits per heavy atom. The first-order valence-electron chi connectivity index (χ1n) is 6.77. The van der Waals surface area contributed by atoms with Crippen molar-refractivity contribution in [1.82, 2.24) is 9.55 Å². The average Bonchev–Trinajstić information content (AvgIpc) is 2.79. The SMILES string of the molecule is COCCCn1cc(C)nc1Nc1ccc(OC)c(Br)c1. The third kappa shape index (κ3) is 4.22. The minimum atomic E-state index is 0.741. The maximum atomic E-state index is 5.23. The molecule has 0 aliphatic carbocycles. The largest absolute Gasteiger partial charge is 0.496 e. The zero-order chi connectivity index (χ0) is 15.2. The zero-order valence-electron chi connectivity index (χ0n) is 12.5. The minimum absolute atomic E-state index is 0.741. The van der Waals surface area contributed by atoms with E-state index < -0.39 is 0 Å². The van der Waals surface area contributed by atoms with Gasteiger partial charge < -0.3 is 19.4 Å². The summed E-state index contributed by atoms with van der Waals surface area (Å²) in [4.78, 5) is 4.52. The molecule has 0 radical (unpaired) electrons. The second kappa shape index (κ2) is 7.47. The van der Waals surface area contributed by atoms with Crippen molar-refractivity contribution >= 4 is 27.6 Å². The number of rotatable bonds is 7. The summed E-state index contributed by atoms with van der Waals surface area (Å²) < 4.78 is 13.3. The van der Waals surface area contributed by atoms with Gasteiger partial charge in [-0.2, -0.15) is 0 Å². The van der Waals surface area contributed by atoms with Crippen LogP contribution < -0.4 is 10.1 Å². The number of aromatic nitrogens is 2. The molecule has 0 fully saturated rings. The van der Waals surface area contributed by atoms with Crippen LogP contribution in [0.3, 0.4) is 0 Å². The van der Waals surface area contributed by atoms with Gasteiger partial charge in [0.25, 0.3) is 0 Å². The number of aryl methyl sites for hydroxylation is 2. The molecule has 0 unspecified atom stereocenters. The van der Waals surface area contributed by atoms with E-state index in [1.807, 2.05) is 31.3 Å². The number of benzene rings is 1. The number of hydrogen-bond acceptors (Lipinski definition) is 4. The Balaban J connectivity index is 2.13. The van der Waals surface area contributed by atoms with Crippen LogP contribution in [0.2, 0.25) is 0 Å². The first-order valence-corrected chi connectivity index (χ1v) is 7.56. The lowest BCUT2D eigenvalue weighted by molar-refractivity contribution is 0.190. The van der Waals surface area contributed by atoms with Crippen molar-refractivity contribution in [3.8, 4) is 5.75 Å². The Labute approximate surface area is 133 Å². The number of nitrogens with one attached hydrogen (secondary N) is 1. The summed E-state index contributed by atoms with van der Waals surface area (Å²) >= 11 is 3.49. The van der Waals surface area contributed by atoms with E-state index >= 15 is 0 Å². The van der Waals surface area contributed by atoms with Gasteiger partial charge in [0.15, 0.2) is 0 Å². The lowest BCUT2D eigenvalue weighted by Gasteiger charge is -2.11. The molecule has 0 spiro atoms. The molecule has 1 N–H and O–H groups in total. The summed E-state index contributed by atoms with van der Waals surface area (Å²) in [5.74, 6) is 1.64. The Morgan fingerprint density at radius 2 is 2.14 bits per heavy atom. The van der Waals surface area contributed by atoms with Crippen molar-refractivity contribution in [2.24, 2.45) is 0 Å². The second-order valence-electron chi connectivity index (χ2n) is 4.72. The van der Waals surface area contributed by atoms with Gasteiger partial charge in [-0.1, -0.05) is 0 Å². The number of imidazole rings is 1. The summed E-state index contributed by atoms with van der Waals surface area (Å²) in [5.41, 5.74) is 1.95. The van der Waals surface area contributed by atoms with E-state index in [0.717, 1.165) is 47.1 Å². The van der Waals surface area contributed by atoms with Crippen molar-refractivity contribution in [1.29, 1.82) is 0 Å². The molecule has 0 aliphatic heterocycles. The molecule has 1 aromatic heterocycles. The molecular weight excluding hydrogens is 334 g/mol. The lowest BCUT2D eigenvalue weighted by atomic mass is 10.3. The van der Waals surface area contributed by atoms with Gasteiger partial charge in [-0.3, -0.25) is 0 Å². The summed E-state index contributed by atoms with van der Waals surface area (Å²) in [6.45, 7) is 3.60. The Kier molecular flexibility index (Phi) is 5.64. The predicted octanol–water partition coefficient (Wildman–Crippen LogP) is 3.74. The van der Waals surface area contributed by atoms with Gasteiger partial charge in [0.1, 0.15) is 5.75 Å². The van der Waals surface area contributed by atoms with Gasteiger partial charge in [0.05, 0.1) is 17.3 Å². The maximum Gasteiger partial charge on any atom is 0.207 e. The van der Waals surface area contributed by atoms with Crippen molar-refractivity contribution in [3.63, 3.8) is 0 Å². The fraction of sp³-hybridized carbons (Fsp3) is 0.400. The number of hydrogen-bond donors (Lipinski definition) is 1. The highest BCUT2D eigenvalue weighted by Gasteiger charge is 2.07. The van der Waals surface area contributed by atoms with Crippen LogP contribution in [0.4, 0.5) is 11.6 Å². The highest BCUT2D eigenvalue weighted by Crippen LogP contribution is 2.29. The molecule has 0 saturated carbocycles. The molecule has 0 saturated heterocycles. The number of anilines is 2. The summed E-state index contributed by atoms with van der Waals surface area (Å²) in [6, 6.07) is 5.85. The third-order valence-corrected chi connectivity index (χ3v) is 3.67. The van der Waals surface area contributed by atoms with E-state index in [0.29, 0.717) is 0 Å². The number of nitrogens with zero attached hydrogens (tertiary/aromatic N) is 2. The fourth-order valence-electron chi connectivity index (χ4n) is 2.07. The van der Waals surface area contributed by atoms with Crippen LogP contribution in [0.25, 0.3) is 0 Å². The van der Waals surface area contributed by atoms with Crippen LogP contribution in [0.5, 0.6) is 5.75 Å². The van der Waals surface area contributed by atoms with Gasteiger partial charge in [0, 0.05) is 32.1 Å². The monoisotopic (exact) mass is 353 g/mol. The number of halogens is 1. The summed E-state index contributed by atoms with van der Waals surface area (Å²) in [7, 11) is 3.37. The topological polar surface area (TPSA) is 48.3 Å². The molecule has 5 nitrogen and oxygen atoms in total. The van der Waals surface area contributed by atoms with Crippen molar-refractivity contribution in [2.45, 2.75) is 19.9 Å². The molecule has 6 heteroatoms. The van der Waals surface area contributed by atoms with Crippen molar-refractivity contribution in [2.75, 3.05) is 26.1 Å². The quantitative estimate of drug-likeness (QED) is 0.770. The van der Waals surface area contributed by atoms with E-state index in [4.69, 9.17) is 9.47 Å². The molecule has 1 heterocycles. The van der Waals surface area contributed by atoms with E-state index in [9.17, 15) is 0 Å². The molecule has 2 aromatic rings. The van der Waals surface area contributed by atoms with E-state index in [2.05, 4.69) is 30.8 Å². The van der Waals surface area contributed by atoms with Crippen molar-refractivity contribution < 1.29 is 9.47 Å².